The molecule has 0 aliphatic carbocycles. The monoisotopic (exact) mass is 391 g/mol. The third-order valence-corrected chi connectivity index (χ3v) is 6.43. The van der Waals surface area contributed by atoms with Gasteiger partial charge >= 0.3 is 5.69 Å². The summed E-state index contributed by atoms with van der Waals surface area (Å²) < 4.78 is 31.0. The topological polar surface area (TPSA) is 94.0 Å². The molecular weight excluding hydrogens is 374 g/mol. The molecule has 0 saturated heterocycles. The molecule has 10 heteroatoms. The Morgan fingerprint density at radius 1 is 1.33 bits per heavy atom. The van der Waals surface area contributed by atoms with E-state index in [-0.39, 0.29) is 16.3 Å². The second-order valence-corrected chi connectivity index (χ2v) is 8.54. The highest BCUT2D eigenvalue weighted by atomic mass is 35.5. The van der Waals surface area contributed by atoms with E-state index in [9.17, 15) is 13.2 Å². The Morgan fingerprint density at radius 3 is 2.71 bits per heavy atom. The summed E-state index contributed by atoms with van der Waals surface area (Å²) in [5, 5.41) is 7.28. The van der Waals surface area contributed by atoms with E-state index >= 15 is 0 Å². The number of rotatable bonds is 9. The second kappa shape index (κ2) is 8.70. The van der Waals surface area contributed by atoms with E-state index in [0.29, 0.717) is 35.5 Å². The van der Waals surface area contributed by atoms with Gasteiger partial charge in [0.15, 0.2) is 15.0 Å². The van der Waals surface area contributed by atoms with Gasteiger partial charge in [-0.05, 0) is 30.7 Å². The van der Waals surface area contributed by atoms with Crippen LogP contribution in [0.3, 0.4) is 0 Å². The number of ether oxygens (including phenoxy) is 1. The van der Waals surface area contributed by atoms with Crippen LogP contribution in [0.2, 0.25) is 5.02 Å². The van der Waals surface area contributed by atoms with Crippen LogP contribution in [-0.2, 0) is 21.1 Å². The van der Waals surface area contributed by atoms with Crippen LogP contribution in [0, 0.1) is 0 Å². The van der Waals surface area contributed by atoms with Crippen LogP contribution in [0.5, 0.6) is 0 Å². The van der Waals surface area contributed by atoms with E-state index in [1.807, 2.05) is 0 Å². The average molecular weight is 392 g/mol. The first-order valence-electron chi connectivity index (χ1n) is 7.19. The summed E-state index contributed by atoms with van der Waals surface area (Å²) in [5.41, 5.74) is -0.311. The average Bonchev–Trinajstić information content (AvgIpc) is 2.89. The molecule has 7 nitrogen and oxygen atoms in total. The first-order valence-corrected chi connectivity index (χ1v) is 10.2. The maximum Gasteiger partial charge on any atom is 0.343 e. The zero-order chi connectivity index (χ0) is 17.6. The minimum atomic E-state index is -3.40. The quantitative estimate of drug-likeness (QED) is 0.517. The predicted octanol–water partition coefficient (Wildman–Crippen LogP) is 1.83. The molecule has 0 fully saturated rings. The van der Waals surface area contributed by atoms with Crippen molar-refractivity contribution >= 4 is 33.2 Å². The zero-order valence-corrected chi connectivity index (χ0v) is 15.5. The highest BCUT2D eigenvalue weighted by Gasteiger charge is 2.16. The molecule has 0 spiro atoms. The summed E-state index contributed by atoms with van der Waals surface area (Å²) >= 11 is 6.99. The summed E-state index contributed by atoms with van der Waals surface area (Å²) in [5.74, 6) is 0.234. The van der Waals surface area contributed by atoms with Gasteiger partial charge in [-0.25, -0.2) is 18.3 Å². The molecule has 0 aliphatic heterocycles. The Balaban J connectivity index is 1.96. The fourth-order valence-corrected chi connectivity index (χ4v) is 4.73. The van der Waals surface area contributed by atoms with E-state index in [2.05, 4.69) is 10.2 Å². The lowest BCUT2D eigenvalue weighted by atomic mass is 10.4. The van der Waals surface area contributed by atoms with Crippen LogP contribution < -0.4 is 5.69 Å². The number of benzene rings is 1. The van der Waals surface area contributed by atoms with Crippen LogP contribution in [-0.4, -0.2) is 48.4 Å². The van der Waals surface area contributed by atoms with Crippen LogP contribution in [0.4, 0.5) is 0 Å². The van der Waals surface area contributed by atoms with Gasteiger partial charge in [0.1, 0.15) is 0 Å². The second-order valence-electron chi connectivity index (χ2n) is 4.93. The Morgan fingerprint density at radius 2 is 2.04 bits per heavy atom. The van der Waals surface area contributed by atoms with E-state index in [1.165, 1.54) is 28.5 Å². The number of methoxy groups -OCH3 is 1. The molecule has 0 atom stereocenters. The van der Waals surface area contributed by atoms with E-state index < -0.39 is 9.84 Å². The summed E-state index contributed by atoms with van der Waals surface area (Å²) in [6, 6.07) is 6.06. The molecule has 1 aromatic heterocycles. The highest BCUT2D eigenvalue weighted by molar-refractivity contribution is 8.00. The number of H-pyrrole nitrogens is 1. The minimum absolute atomic E-state index is 0.0571. The van der Waals surface area contributed by atoms with Gasteiger partial charge in [0, 0.05) is 31.0 Å². The molecule has 2 rings (SSSR count). The number of sulfone groups is 1. The Hall–Kier alpha value is -1.29. The van der Waals surface area contributed by atoms with Crippen molar-refractivity contribution in [2.45, 2.75) is 23.0 Å². The number of halogens is 1. The lowest BCUT2D eigenvalue weighted by molar-refractivity contribution is 0.189. The highest BCUT2D eigenvalue weighted by Crippen LogP contribution is 2.19. The lowest BCUT2D eigenvalue weighted by Gasteiger charge is -2.06. The van der Waals surface area contributed by atoms with Crippen LogP contribution >= 0.6 is 23.4 Å². The van der Waals surface area contributed by atoms with Gasteiger partial charge in [0.05, 0.1) is 10.6 Å². The number of aromatic amines is 1. The number of hydrogen-bond donors (Lipinski definition) is 1. The maximum atomic E-state index is 12.3. The fourth-order valence-electron chi connectivity index (χ4n) is 1.98. The van der Waals surface area contributed by atoms with Crippen molar-refractivity contribution in [1.82, 2.24) is 14.8 Å². The third-order valence-electron chi connectivity index (χ3n) is 3.21. The summed E-state index contributed by atoms with van der Waals surface area (Å²) in [4.78, 5) is 11.9. The van der Waals surface area contributed by atoms with Gasteiger partial charge in [-0.3, -0.25) is 4.57 Å². The number of nitrogens with one attached hydrogen (secondary N) is 1. The van der Waals surface area contributed by atoms with Crippen molar-refractivity contribution < 1.29 is 13.2 Å². The van der Waals surface area contributed by atoms with Crippen molar-refractivity contribution in [3.8, 4) is 0 Å². The van der Waals surface area contributed by atoms with Crippen molar-refractivity contribution in [3.05, 3.63) is 39.8 Å². The van der Waals surface area contributed by atoms with Crippen molar-refractivity contribution in [2.24, 2.45) is 0 Å². The Kier molecular flexibility index (Phi) is 6.90. The molecule has 1 heterocycles. The third kappa shape index (κ3) is 5.10. The molecular formula is C14H18ClN3O4S2. The molecule has 0 aliphatic rings. The zero-order valence-electron chi connectivity index (χ0n) is 13.1. The summed E-state index contributed by atoms with van der Waals surface area (Å²) in [6.07, 6.45) is 0.673. The Labute approximate surface area is 149 Å². The molecule has 132 valence electrons. The molecule has 0 unspecified atom stereocenters. The van der Waals surface area contributed by atoms with Gasteiger partial charge in [0.25, 0.3) is 0 Å². The first kappa shape index (κ1) is 19.0. The molecule has 0 saturated carbocycles. The van der Waals surface area contributed by atoms with E-state index in [1.54, 1.807) is 19.2 Å². The van der Waals surface area contributed by atoms with Crippen LogP contribution in [0.25, 0.3) is 0 Å². The molecule has 0 radical (unpaired) electrons. The Bertz CT molecular complexity index is 815. The standard InChI is InChI=1S/C14H18ClN3O4S2/c1-22-8-2-7-18-13(19)16-17-14(18)23-9-10-24(20,21)12-5-3-11(15)4-6-12/h3-6H,2,7-10H2,1H3,(H,16,19). The number of hydrogen-bond acceptors (Lipinski definition) is 6. The van der Waals surface area contributed by atoms with Gasteiger partial charge < -0.3 is 4.74 Å². The first-order chi connectivity index (χ1) is 11.4. The van der Waals surface area contributed by atoms with Crippen LogP contribution in [0.15, 0.2) is 39.1 Å². The number of aromatic nitrogens is 3. The SMILES string of the molecule is COCCCn1c(SCCS(=O)(=O)c2ccc(Cl)cc2)n[nH]c1=O. The fraction of sp³-hybridized carbons (Fsp3) is 0.429. The van der Waals surface area contributed by atoms with Gasteiger partial charge in [0.2, 0.25) is 0 Å². The van der Waals surface area contributed by atoms with Gasteiger partial charge in [-0.15, -0.1) is 5.10 Å². The van der Waals surface area contributed by atoms with Gasteiger partial charge in [-0.2, -0.15) is 0 Å². The number of thioether (sulfide) groups is 1. The molecule has 2 aromatic rings. The summed E-state index contributed by atoms with van der Waals surface area (Å²) in [6.45, 7) is 1.00. The van der Waals surface area contributed by atoms with Crippen LogP contribution in [0.1, 0.15) is 6.42 Å². The van der Waals surface area contributed by atoms with E-state index in [0.717, 1.165) is 0 Å². The molecule has 0 bridgehead atoms. The summed E-state index contributed by atoms with van der Waals surface area (Å²) in [7, 11) is -1.81. The smallest absolute Gasteiger partial charge is 0.343 e. The van der Waals surface area contributed by atoms with Crippen molar-refractivity contribution in [2.75, 3.05) is 25.2 Å². The minimum Gasteiger partial charge on any atom is -0.385 e. The molecule has 24 heavy (non-hydrogen) atoms. The molecule has 0 amide bonds. The van der Waals surface area contributed by atoms with Gasteiger partial charge in [-0.1, -0.05) is 23.4 Å². The van der Waals surface area contributed by atoms with E-state index in [4.69, 9.17) is 16.3 Å². The molecule has 1 N–H and O–H groups in total. The normalized spacial score (nSPS) is 11.8. The largest absolute Gasteiger partial charge is 0.385 e. The van der Waals surface area contributed by atoms with Crippen molar-refractivity contribution in [1.29, 1.82) is 0 Å². The van der Waals surface area contributed by atoms with Crippen molar-refractivity contribution in [3.63, 3.8) is 0 Å². The lowest BCUT2D eigenvalue weighted by Crippen LogP contribution is -2.18. The maximum absolute atomic E-state index is 12.3. The number of nitrogens with zero attached hydrogens (tertiary/aromatic N) is 2. The predicted molar refractivity (Wildman–Crippen MR) is 93.6 cm³/mol. The molecule has 1 aromatic carbocycles.